The van der Waals surface area contributed by atoms with Crippen molar-refractivity contribution in [3.63, 3.8) is 0 Å². The summed E-state index contributed by atoms with van der Waals surface area (Å²) in [6.07, 6.45) is -3.40. The van der Waals surface area contributed by atoms with Crippen LogP contribution in [0.5, 0.6) is 0 Å². The minimum absolute atomic E-state index is 0.0741. The zero-order chi connectivity index (χ0) is 11.5. The maximum atomic E-state index is 11.9. The van der Waals surface area contributed by atoms with Crippen LogP contribution in [0.4, 0.5) is 13.2 Å². The van der Waals surface area contributed by atoms with Crippen molar-refractivity contribution in [1.29, 1.82) is 0 Å². The van der Waals surface area contributed by atoms with Gasteiger partial charge in [0.25, 0.3) is 0 Å². The fraction of sp³-hybridized carbons (Fsp3) is 0.889. The molecule has 3 nitrogen and oxygen atoms in total. The molecular formula is C9H14F3NO2. The SMILES string of the molecule is CC(NC(=O)C(F)(F)F)C1CCOCC1. The number of alkyl halides is 3. The summed E-state index contributed by atoms with van der Waals surface area (Å²) in [5.74, 6) is -1.79. The molecule has 0 spiro atoms. The normalized spacial score (nSPS) is 21.1. The molecule has 0 bridgehead atoms. The molecule has 1 aliphatic heterocycles. The molecule has 1 heterocycles. The van der Waals surface area contributed by atoms with Crippen LogP contribution < -0.4 is 5.32 Å². The summed E-state index contributed by atoms with van der Waals surface area (Å²) in [6.45, 7) is 2.70. The van der Waals surface area contributed by atoms with Crippen LogP contribution in [0.2, 0.25) is 0 Å². The summed E-state index contributed by atoms with van der Waals surface area (Å²) < 4.78 is 40.9. The molecule has 1 unspecified atom stereocenters. The second kappa shape index (κ2) is 4.83. The van der Waals surface area contributed by atoms with Crippen molar-refractivity contribution in [2.24, 2.45) is 5.92 Å². The molecule has 1 aliphatic rings. The topological polar surface area (TPSA) is 38.3 Å². The first-order valence-corrected chi connectivity index (χ1v) is 4.86. The monoisotopic (exact) mass is 225 g/mol. The largest absolute Gasteiger partial charge is 0.471 e. The maximum Gasteiger partial charge on any atom is 0.471 e. The van der Waals surface area contributed by atoms with E-state index in [0.717, 1.165) is 0 Å². The third-order valence-corrected chi connectivity index (χ3v) is 2.59. The summed E-state index contributed by atoms with van der Waals surface area (Å²) >= 11 is 0. The summed E-state index contributed by atoms with van der Waals surface area (Å²) in [5.41, 5.74) is 0. The van der Waals surface area contributed by atoms with Crippen molar-refractivity contribution in [3.05, 3.63) is 0 Å². The first-order valence-electron chi connectivity index (χ1n) is 4.86. The van der Waals surface area contributed by atoms with Crippen molar-refractivity contribution >= 4 is 5.91 Å². The van der Waals surface area contributed by atoms with E-state index in [1.807, 2.05) is 5.32 Å². The first kappa shape index (κ1) is 12.3. The van der Waals surface area contributed by atoms with Gasteiger partial charge in [-0.2, -0.15) is 13.2 Å². The van der Waals surface area contributed by atoms with Crippen LogP contribution in [0.3, 0.4) is 0 Å². The van der Waals surface area contributed by atoms with Crippen LogP contribution >= 0.6 is 0 Å². The number of rotatable bonds is 2. The molecule has 0 aromatic carbocycles. The van der Waals surface area contributed by atoms with E-state index in [4.69, 9.17) is 4.74 Å². The molecule has 0 radical (unpaired) electrons. The van der Waals surface area contributed by atoms with Gasteiger partial charge in [0.05, 0.1) is 0 Å². The Morgan fingerprint density at radius 3 is 2.40 bits per heavy atom. The van der Waals surface area contributed by atoms with Gasteiger partial charge in [-0.1, -0.05) is 0 Å². The van der Waals surface area contributed by atoms with Crippen LogP contribution in [-0.2, 0) is 9.53 Å². The van der Waals surface area contributed by atoms with E-state index in [2.05, 4.69) is 0 Å². The molecular weight excluding hydrogens is 211 g/mol. The van der Waals surface area contributed by atoms with Crippen molar-refractivity contribution in [3.8, 4) is 0 Å². The van der Waals surface area contributed by atoms with Gasteiger partial charge in [-0.25, -0.2) is 0 Å². The fourth-order valence-electron chi connectivity index (χ4n) is 1.62. The lowest BCUT2D eigenvalue weighted by Crippen LogP contribution is -2.46. The number of hydrogen-bond donors (Lipinski definition) is 1. The summed E-state index contributed by atoms with van der Waals surface area (Å²) in [7, 11) is 0. The van der Waals surface area contributed by atoms with Gasteiger partial charge in [-0.05, 0) is 25.7 Å². The number of ether oxygens (including phenoxy) is 1. The number of amides is 1. The lowest BCUT2D eigenvalue weighted by molar-refractivity contribution is -0.174. The summed E-state index contributed by atoms with van der Waals surface area (Å²) in [4.78, 5) is 10.7. The predicted molar refractivity (Wildman–Crippen MR) is 47.2 cm³/mol. The average Bonchev–Trinajstić information content (AvgIpc) is 2.17. The highest BCUT2D eigenvalue weighted by Gasteiger charge is 2.40. The van der Waals surface area contributed by atoms with Crippen molar-refractivity contribution in [1.82, 2.24) is 5.32 Å². The Morgan fingerprint density at radius 2 is 1.93 bits per heavy atom. The minimum atomic E-state index is -4.79. The van der Waals surface area contributed by atoms with Crippen LogP contribution in [0.1, 0.15) is 19.8 Å². The second-order valence-corrected chi connectivity index (χ2v) is 3.71. The van der Waals surface area contributed by atoms with E-state index >= 15 is 0 Å². The van der Waals surface area contributed by atoms with Gasteiger partial charge in [0, 0.05) is 19.3 Å². The van der Waals surface area contributed by atoms with Gasteiger partial charge < -0.3 is 10.1 Å². The van der Waals surface area contributed by atoms with Gasteiger partial charge in [0.2, 0.25) is 0 Å². The van der Waals surface area contributed by atoms with E-state index in [1.54, 1.807) is 6.92 Å². The molecule has 88 valence electrons. The molecule has 1 saturated heterocycles. The van der Waals surface area contributed by atoms with Crippen LogP contribution in [0.15, 0.2) is 0 Å². The Balaban J connectivity index is 2.40. The molecule has 1 amide bonds. The molecule has 15 heavy (non-hydrogen) atoms. The Hall–Kier alpha value is -0.780. The number of halogens is 3. The van der Waals surface area contributed by atoms with E-state index in [0.29, 0.717) is 26.1 Å². The van der Waals surface area contributed by atoms with E-state index in [9.17, 15) is 18.0 Å². The number of hydrogen-bond acceptors (Lipinski definition) is 2. The lowest BCUT2D eigenvalue weighted by atomic mass is 9.93. The van der Waals surface area contributed by atoms with Crippen molar-refractivity contribution in [2.45, 2.75) is 32.0 Å². The summed E-state index contributed by atoms with van der Waals surface area (Å²) in [6, 6.07) is -0.456. The zero-order valence-corrected chi connectivity index (χ0v) is 8.43. The van der Waals surface area contributed by atoms with Crippen molar-refractivity contribution in [2.75, 3.05) is 13.2 Å². The highest BCUT2D eigenvalue weighted by Crippen LogP contribution is 2.20. The third kappa shape index (κ3) is 3.70. The lowest BCUT2D eigenvalue weighted by Gasteiger charge is -2.28. The molecule has 1 rings (SSSR count). The average molecular weight is 225 g/mol. The molecule has 6 heteroatoms. The number of carbonyl (C=O) groups excluding carboxylic acids is 1. The van der Waals surface area contributed by atoms with Gasteiger partial charge in [-0.3, -0.25) is 4.79 Å². The standard InChI is InChI=1S/C9H14F3NO2/c1-6(7-2-4-15-5-3-7)13-8(14)9(10,11)12/h6-7H,2-5H2,1H3,(H,13,14). The number of carbonyl (C=O) groups is 1. The minimum Gasteiger partial charge on any atom is -0.381 e. The fourth-order valence-corrected chi connectivity index (χ4v) is 1.62. The smallest absolute Gasteiger partial charge is 0.381 e. The molecule has 1 fully saturated rings. The van der Waals surface area contributed by atoms with Crippen LogP contribution in [0, 0.1) is 5.92 Å². The third-order valence-electron chi connectivity index (χ3n) is 2.59. The predicted octanol–water partition coefficient (Wildman–Crippen LogP) is 1.48. The van der Waals surface area contributed by atoms with Gasteiger partial charge in [0.15, 0.2) is 0 Å². The van der Waals surface area contributed by atoms with Gasteiger partial charge in [0.1, 0.15) is 0 Å². The highest BCUT2D eigenvalue weighted by atomic mass is 19.4. The molecule has 0 aliphatic carbocycles. The van der Waals surface area contributed by atoms with Gasteiger partial charge in [-0.15, -0.1) is 0 Å². The first-order chi connectivity index (χ1) is 6.91. The number of nitrogens with one attached hydrogen (secondary N) is 1. The van der Waals surface area contributed by atoms with Crippen LogP contribution in [0.25, 0.3) is 0 Å². The zero-order valence-electron chi connectivity index (χ0n) is 8.43. The Morgan fingerprint density at radius 1 is 1.40 bits per heavy atom. The van der Waals surface area contributed by atoms with E-state index in [1.165, 1.54) is 0 Å². The quantitative estimate of drug-likeness (QED) is 0.773. The molecule has 0 aromatic heterocycles. The summed E-state index contributed by atoms with van der Waals surface area (Å²) in [5, 5.41) is 1.97. The molecule has 0 aromatic rings. The highest BCUT2D eigenvalue weighted by molar-refractivity contribution is 5.81. The molecule has 0 saturated carbocycles. The molecule has 1 N–H and O–H groups in total. The van der Waals surface area contributed by atoms with Crippen molar-refractivity contribution < 1.29 is 22.7 Å². The Labute approximate surface area is 86.0 Å². The Kier molecular flexibility index (Phi) is 3.96. The van der Waals surface area contributed by atoms with Crippen LogP contribution in [-0.4, -0.2) is 31.3 Å². The Bertz CT molecular complexity index is 224. The second-order valence-electron chi connectivity index (χ2n) is 3.71. The maximum absolute atomic E-state index is 11.9. The van der Waals surface area contributed by atoms with E-state index in [-0.39, 0.29) is 5.92 Å². The van der Waals surface area contributed by atoms with E-state index < -0.39 is 18.1 Å². The van der Waals surface area contributed by atoms with Gasteiger partial charge >= 0.3 is 12.1 Å². The molecule has 1 atom stereocenters.